The summed E-state index contributed by atoms with van der Waals surface area (Å²) < 4.78 is 6.88. The van der Waals surface area contributed by atoms with Gasteiger partial charge in [-0.15, -0.1) is 0 Å². The first-order chi connectivity index (χ1) is 15.1. The van der Waals surface area contributed by atoms with Crippen molar-refractivity contribution in [2.75, 3.05) is 7.11 Å². The highest BCUT2D eigenvalue weighted by molar-refractivity contribution is 5.93. The molecule has 1 N–H and O–H groups in total. The van der Waals surface area contributed by atoms with Crippen LogP contribution in [-0.4, -0.2) is 37.5 Å². The van der Waals surface area contributed by atoms with Gasteiger partial charge in [0.05, 0.1) is 24.0 Å². The van der Waals surface area contributed by atoms with E-state index in [0.29, 0.717) is 42.3 Å². The monoisotopic (exact) mass is 420 g/mol. The van der Waals surface area contributed by atoms with Crippen molar-refractivity contribution in [2.24, 2.45) is 0 Å². The van der Waals surface area contributed by atoms with Gasteiger partial charge >= 0.3 is 0 Å². The molecule has 0 aromatic carbocycles. The zero-order chi connectivity index (χ0) is 21.8. The minimum absolute atomic E-state index is 0.160. The third-order valence-corrected chi connectivity index (χ3v) is 5.67. The van der Waals surface area contributed by atoms with E-state index in [1.165, 1.54) is 25.7 Å². The lowest BCUT2D eigenvalue weighted by atomic mass is 9.88. The normalized spacial score (nSPS) is 18.0. The molecule has 1 atom stereocenters. The molecule has 4 rings (SSSR count). The number of rotatable bonds is 5. The Morgan fingerprint density at radius 2 is 2.06 bits per heavy atom. The van der Waals surface area contributed by atoms with Crippen LogP contribution in [0.3, 0.4) is 0 Å². The summed E-state index contributed by atoms with van der Waals surface area (Å²) in [6, 6.07) is 6.47. The molecule has 3 aromatic rings. The van der Waals surface area contributed by atoms with Crippen LogP contribution in [0.1, 0.15) is 48.9 Å². The lowest BCUT2D eigenvalue weighted by Gasteiger charge is -2.33. The van der Waals surface area contributed by atoms with Crippen LogP contribution in [0.5, 0.6) is 5.75 Å². The standard InChI is InChI=1S/C22H24N6O3/c1-3-22(27-20(30)18-12-15(31-2)6-10-24-18)8-4-5-11-28-19(29)13-17(26-21(22)28)16-7-9-23-14-25-16/h6-7,9-10,12-14H,3-5,8,11H2,1-2H3,(H,27,30). The number of fused-ring (bicyclic) bond motifs is 1. The van der Waals surface area contributed by atoms with Crippen molar-refractivity contribution in [1.29, 1.82) is 0 Å². The van der Waals surface area contributed by atoms with Crippen LogP contribution in [0.15, 0.2) is 47.8 Å². The molecule has 0 bridgehead atoms. The van der Waals surface area contributed by atoms with Gasteiger partial charge < -0.3 is 10.1 Å². The number of hydrogen-bond acceptors (Lipinski definition) is 7. The summed E-state index contributed by atoms with van der Waals surface area (Å²) in [5, 5.41) is 3.14. The van der Waals surface area contributed by atoms with Crippen molar-refractivity contribution in [3.05, 3.63) is 64.9 Å². The van der Waals surface area contributed by atoms with Crippen molar-refractivity contribution in [2.45, 2.75) is 44.7 Å². The maximum absolute atomic E-state index is 13.1. The molecule has 0 radical (unpaired) electrons. The van der Waals surface area contributed by atoms with Gasteiger partial charge in [0.15, 0.2) is 0 Å². The fourth-order valence-corrected chi connectivity index (χ4v) is 3.95. The molecule has 3 aromatic heterocycles. The lowest BCUT2D eigenvalue weighted by Crippen LogP contribution is -2.49. The van der Waals surface area contributed by atoms with Crippen molar-refractivity contribution in [1.82, 2.24) is 29.8 Å². The van der Waals surface area contributed by atoms with Crippen molar-refractivity contribution < 1.29 is 9.53 Å². The Morgan fingerprint density at radius 3 is 2.81 bits per heavy atom. The number of hydrogen-bond donors (Lipinski definition) is 1. The second-order valence-corrected chi connectivity index (χ2v) is 7.48. The summed E-state index contributed by atoms with van der Waals surface area (Å²) in [7, 11) is 1.54. The van der Waals surface area contributed by atoms with Crippen LogP contribution < -0.4 is 15.6 Å². The fraction of sp³-hybridized carbons (Fsp3) is 0.364. The molecule has 4 heterocycles. The van der Waals surface area contributed by atoms with Gasteiger partial charge in [0.1, 0.15) is 23.6 Å². The second kappa shape index (κ2) is 8.63. The van der Waals surface area contributed by atoms with Gasteiger partial charge in [0.25, 0.3) is 11.5 Å². The zero-order valence-electron chi connectivity index (χ0n) is 17.5. The van der Waals surface area contributed by atoms with E-state index in [4.69, 9.17) is 9.72 Å². The van der Waals surface area contributed by atoms with E-state index in [9.17, 15) is 9.59 Å². The minimum atomic E-state index is -0.805. The number of nitrogens with one attached hydrogen (secondary N) is 1. The van der Waals surface area contributed by atoms with Crippen molar-refractivity contribution in [3.63, 3.8) is 0 Å². The molecule has 1 aliphatic heterocycles. The number of carbonyl (C=O) groups is 1. The molecule has 0 saturated heterocycles. The molecule has 0 aliphatic carbocycles. The Morgan fingerprint density at radius 1 is 1.19 bits per heavy atom. The average Bonchev–Trinajstić information content (AvgIpc) is 3.00. The van der Waals surface area contributed by atoms with Crippen LogP contribution in [0.2, 0.25) is 0 Å². The molecule has 0 saturated carbocycles. The van der Waals surface area contributed by atoms with E-state index in [0.717, 1.165) is 12.8 Å². The number of ether oxygens (including phenoxy) is 1. The van der Waals surface area contributed by atoms with Crippen LogP contribution in [0.4, 0.5) is 0 Å². The van der Waals surface area contributed by atoms with E-state index in [-0.39, 0.29) is 17.2 Å². The predicted molar refractivity (Wildman–Crippen MR) is 114 cm³/mol. The first-order valence-electron chi connectivity index (χ1n) is 10.3. The van der Waals surface area contributed by atoms with Crippen LogP contribution in [-0.2, 0) is 12.1 Å². The molecule has 1 aliphatic rings. The number of amides is 1. The van der Waals surface area contributed by atoms with Gasteiger partial charge in [-0.05, 0) is 37.8 Å². The summed E-state index contributed by atoms with van der Waals surface area (Å²) in [5.74, 6) is 0.758. The average molecular weight is 420 g/mol. The quantitative estimate of drug-likeness (QED) is 0.674. The summed E-state index contributed by atoms with van der Waals surface area (Å²) in [5.41, 5.74) is 0.308. The van der Waals surface area contributed by atoms with E-state index < -0.39 is 5.54 Å². The smallest absolute Gasteiger partial charge is 0.270 e. The topological polar surface area (TPSA) is 112 Å². The number of carbonyl (C=O) groups excluding carboxylic acids is 1. The molecule has 0 fully saturated rings. The highest BCUT2D eigenvalue weighted by Crippen LogP contribution is 2.33. The highest BCUT2D eigenvalue weighted by atomic mass is 16.5. The number of aromatic nitrogens is 5. The highest BCUT2D eigenvalue weighted by Gasteiger charge is 2.38. The van der Waals surface area contributed by atoms with Crippen molar-refractivity contribution >= 4 is 5.91 Å². The molecule has 0 spiro atoms. The van der Waals surface area contributed by atoms with Gasteiger partial charge in [-0.1, -0.05) is 6.92 Å². The lowest BCUT2D eigenvalue weighted by molar-refractivity contribution is 0.0873. The maximum atomic E-state index is 13.1. The minimum Gasteiger partial charge on any atom is -0.497 e. The number of methoxy groups -OCH3 is 1. The molecule has 9 nitrogen and oxygen atoms in total. The summed E-state index contributed by atoms with van der Waals surface area (Å²) in [4.78, 5) is 43.3. The predicted octanol–water partition coefficient (Wildman–Crippen LogP) is 2.32. The Bertz CT molecular complexity index is 1150. The summed E-state index contributed by atoms with van der Waals surface area (Å²) >= 11 is 0. The van der Waals surface area contributed by atoms with Gasteiger partial charge in [-0.2, -0.15) is 0 Å². The number of nitrogens with zero attached hydrogens (tertiary/aromatic N) is 5. The molecule has 160 valence electrons. The van der Waals surface area contributed by atoms with Gasteiger partial charge in [-0.3, -0.25) is 19.1 Å². The number of pyridine rings is 1. The second-order valence-electron chi connectivity index (χ2n) is 7.48. The third kappa shape index (κ3) is 4.03. The van der Waals surface area contributed by atoms with Gasteiger partial charge in [0, 0.05) is 31.1 Å². The van der Waals surface area contributed by atoms with Crippen LogP contribution in [0.25, 0.3) is 11.4 Å². The fourth-order valence-electron chi connectivity index (χ4n) is 3.95. The SMILES string of the molecule is CCC1(NC(=O)c2cc(OC)ccn2)CCCCn2c1nc(-c1ccncn1)cc2=O. The molecule has 1 amide bonds. The zero-order valence-corrected chi connectivity index (χ0v) is 17.5. The van der Waals surface area contributed by atoms with Gasteiger partial charge in [0.2, 0.25) is 0 Å². The van der Waals surface area contributed by atoms with Crippen LogP contribution >= 0.6 is 0 Å². The van der Waals surface area contributed by atoms with E-state index >= 15 is 0 Å². The van der Waals surface area contributed by atoms with E-state index in [2.05, 4.69) is 20.3 Å². The van der Waals surface area contributed by atoms with E-state index in [1.54, 1.807) is 29.0 Å². The molecular formula is C22H24N6O3. The van der Waals surface area contributed by atoms with E-state index in [1.807, 2.05) is 6.92 Å². The third-order valence-electron chi connectivity index (χ3n) is 5.67. The van der Waals surface area contributed by atoms with Crippen LogP contribution in [0, 0.1) is 0 Å². The summed E-state index contributed by atoms with van der Waals surface area (Å²) in [6.45, 7) is 2.54. The molecule has 9 heteroatoms. The molecule has 31 heavy (non-hydrogen) atoms. The molecular weight excluding hydrogens is 396 g/mol. The first kappa shape index (κ1) is 20.6. The van der Waals surface area contributed by atoms with Gasteiger partial charge in [-0.25, -0.2) is 15.0 Å². The Hall–Kier alpha value is -3.62. The Labute approximate surface area is 179 Å². The largest absolute Gasteiger partial charge is 0.497 e. The maximum Gasteiger partial charge on any atom is 0.270 e. The Balaban J connectivity index is 1.80. The Kier molecular flexibility index (Phi) is 5.75. The summed E-state index contributed by atoms with van der Waals surface area (Å²) in [6.07, 6.45) is 7.48. The molecule has 1 unspecified atom stereocenters. The van der Waals surface area contributed by atoms with Crippen molar-refractivity contribution in [3.8, 4) is 17.1 Å². The first-order valence-corrected chi connectivity index (χ1v) is 10.3.